The van der Waals surface area contributed by atoms with Crippen LogP contribution in [0.4, 0.5) is 0 Å². The second-order valence-corrected chi connectivity index (χ2v) is 22.1. The van der Waals surface area contributed by atoms with Gasteiger partial charge in [0.25, 0.3) is 0 Å². The number of carbonyl (C=O) groups is 6. The van der Waals surface area contributed by atoms with E-state index in [1.54, 1.807) is 37.7 Å². The van der Waals surface area contributed by atoms with Gasteiger partial charge in [0.15, 0.2) is 0 Å². The van der Waals surface area contributed by atoms with Gasteiger partial charge in [0.1, 0.15) is 37.4 Å². The summed E-state index contributed by atoms with van der Waals surface area (Å²) in [7, 11) is 3.44. The van der Waals surface area contributed by atoms with E-state index in [2.05, 4.69) is 55.6 Å². The molecule has 0 spiro atoms. The summed E-state index contributed by atoms with van der Waals surface area (Å²) < 4.78 is 12.7. The minimum Gasteiger partial charge on any atom is -0.363 e. The number of hydrogen-bond donors (Lipinski definition) is 6. The maximum atomic E-state index is 14.3. The predicted molar refractivity (Wildman–Crippen MR) is 304 cm³/mol. The van der Waals surface area contributed by atoms with Gasteiger partial charge in [0.05, 0.1) is 36.4 Å². The lowest BCUT2D eigenvalue weighted by Crippen LogP contribution is -2.56. The highest BCUT2D eigenvalue weighted by Gasteiger charge is 2.44. The van der Waals surface area contributed by atoms with Crippen LogP contribution in [0.15, 0.2) is 48.5 Å². The largest absolute Gasteiger partial charge is 0.363 e. The van der Waals surface area contributed by atoms with E-state index in [4.69, 9.17) is 9.47 Å². The molecule has 6 amide bonds. The van der Waals surface area contributed by atoms with Gasteiger partial charge in [-0.3, -0.25) is 28.8 Å². The van der Waals surface area contributed by atoms with Crippen molar-refractivity contribution >= 4 is 60.3 Å². The van der Waals surface area contributed by atoms with Gasteiger partial charge >= 0.3 is 0 Å². The van der Waals surface area contributed by atoms with Crippen LogP contribution in [-0.2, 0) is 51.1 Å². The molecule has 2 saturated heterocycles. The second kappa shape index (κ2) is 30.4. The first-order chi connectivity index (χ1) is 36.9. The summed E-state index contributed by atoms with van der Waals surface area (Å²) >= 11 is 0. The number of fused-ring (bicyclic) bond motifs is 2. The third-order valence-electron chi connectivity index (χ3n) is 17.1. The lowest BCUT2D eigenvalue weighted by molar-refractivity contribution is -0.142. The van der Waals surface area contributed by atoms with E-state index >= 15 is 0 Å². The van der Waals surface area contributed by atoms with Gasteiger partial charge in [-0.05, 0) is 112 Å². The maximum Gasteiger partial charge on any atom is 0.245 e. The molecule has 0 aromatic heterocycles. The minimum atomic E-state index is -0.696. The number of likely N-dealkylation sites (N-methyl/N-ethyl adjacent to an activating group) is 2. The Morgan fingerprint density at radius 3 is 1.32 bits per heavy atom. The molecular formula is C60H84Cl2N8O8. The van der Waals surface area contributed by atoms with Crippen LogP contribution in [0.25, 0.3) is 0 Å². The first-order valence-corrected chi connectivity index (χ1v) is 28.5. The molecule has 0 bridgehead atoms. The van der Waals surface area contributed by atoms with Crippen LogP contribution in [0.2, 0.25) is 0 Å². The van der Waals surface area contributed by atoms with Crippen LogP contribution in [0, 0.1) is 35.5 Å². The van der Waals surface area contributed by atoms with E-state index in [0.717, 1.165) is 73.6 Å². The van der Waals surface area contributed by atoms with E-state index in [0.29, 0.717) is 76.3 Å². The molecule has 10 atom stereocenters. The molecule has 4 fully saturated rings. The fourth-order valence-electron chi connectivity index (χ4n) is 12.5. The summed E-state index contributed by atoms with van der Waals surface area (Å²) in [5.41, 5.74) is 4.10. The summed E-state index contributed by atoms with van der Waals surface area (Å²) in [6.45, 7) is 4.61. The van der Waals surface area contributed by atoms with Gasteiger partial charge < -0.3 is 51.2 Å². The van der Waals surface area contributed by atoms with Crippen molar-refractivity contribution in [3.05, 3.63) is 70.8 Å². The van der Waals surface area contributed by atoms with Crippen LogP contribution in [0.5, 0.6) is 0 Å². The molecule has 2 saturated carbocycles. The van der Waals surface area contributed by atoms with E-state index in [1.807, 2.05) is 48.5 Å². The van der Waals surface area contributed by atoms with Crippen LogP contribution < -0.4 is 31.9 Å². The highest BCUT2D eigenvalue weighted by atomic mass is 35.5. The quantitative estimate of drug-likeness (QED) is 0.0916. The Morgan fingerprint density at radius 2 is 0.936 bits per heavy atom. The molecule has 16 nitrogen and oxygen atoms in total. The second-order valence-electron chi connectivity index (χ2n) is 22.1. The zero-order chi connectivity index (χ0) is 53.6. The Balaban J connectivity index is 0.00000492. The van der Waals surface area contributed by atoms with E-state index in [1.165, 1.54) is 12.8 Å². The topological polar surface area (TPSA) is 200 Å². The molecule has 0 radical (unpaired) electrons. The Bertz CT molecular complexity index is 2330. The SMILES string of the molecule is CN[C@@H](C)C(=O)N[C@@H](CC1CCCCC1)C(=O)N1CCC[C@H]1C(=O)N[C@H]1c2ccccc2C[C@H]1OCC#CC#CCO[C@@H]1Cc2ccccc2[C@@H]1NC(=O)[C@@H]1CCCN1C(=O)[C@H](CC1CCCCC1)NC(=O)[C@H](C)NC.Cl.Cl. The third-order valence-corrected chi connectivity index (χ3v) is 17.1. The van der Waals surface area contributed by atoms with Crippen LogP contribution in [-0.4, -0.2) is 134 Å². The number of benzene rings is 2. The predicted octanol–water partition coefficient (Wildman–Crippen LogP) is 5.54. The highest BCUT2D eigenvalue weighted by Crippen LogP contribution is 2.37. The van der Waals surface area contributed by atoms with Gasteiger partial charge in [-0.15, -0.1) is 24.8 Å². The molecule has 78 heavy (non-hydrogen) atoms. The lowest BCUT2D eigenvalue weighted by Gasteiger charge is -2.33. The molecule has 2 aromatic carbocycles. The number of nitrogens with one attached hydrogen (secondary N) is 6. The average molecular weight is 1120 g/mol. The van der Waals surface area contributed by atoms with Crippen molar-refractivity contribution in [1.82, 2.24) is 41.7 Å². The van der Waals surface area contributed by atoms with Crippen molar-refractivity contribution in [2.24, 2.45) is 11.8 Å². The molecule has 6 aliphatic rings. The number of halogens is 2. The molecule has 2 heterocycles. The summed E-state index contributed by atoms with van der Waals surface area (Å²) in [6.07, 6.45) is 15.0. The van der Waals surface area contributed by atoms with Crippen LogP contribution in [0.3, 0.4) is 0 Å². The third kappa shape index (κ3) is 15.8. The molecule has 2 aliphatic heterocycles. The van der Waals surface area contributed by atoms with Crippen LogP contribution >= 0.6 is 24.8 Å². The van der Waals surface area contributed by atoms with Crippen molar-refractivity contribution in [3.8, 4) is 23.7 Å². The van der Waals surface area contributed by atoms with Crippen molar-refractivity contribution in [1.29, 1.82) is 0 Å². The fourth-order valence-corrected chi connectivity index (χ4v) is 12.5. The maximum absolute atomic E-state index is 14.3. The van der Waals surface area contributed by atoms with Gasteiger partial charge in [0, 0.05) is 25.9 Å². The minimum absolute atomic E-state index is 0. The summed E-state index contributed by atoms with van der Waals surface area (Å²) in [6, 6.07) is 11.4. The Labute approximate surface area is 474 Å². The fraction of sp³-hybridized carbons (Fsp3) is 0.633. The van der Waals surface area contributed by atoms with Gasteiger partial charge in [-0.2, -0.15) is 0 Å². The number of nitrogens with zero attached hydrogens (tertiary/aromatic N) is 2. The number of likely N-dealkylation sites (tertiary alicyclic amines) is 2. The molecule has 4 aliphatic carbocycles. The van der Waals surface area contributed by atoms with Gasteiger partial charge in [-0.1, -0.05) is 125 Å². The number of rotatable bonds is 20. The summed E-state index contributed by atoms with van der Waals surface area (Å²) in [5.74, 6) is 11.2. The van der Waals surface area contributed by atoms with E-state index in [9.17, 15) is 28.8 Å². The van der Waals surface area contributed by atoms with E-state index in [-0.39, 0.29) is 85.7 Å². The standard InChI is InChI=1S/C60H82N8O8.2ClH/c1-39(61-3)55(69)63-47(35-41-21-9-7-10-22-41)59(73)67-31-19-29-49(67)57(71)65-53-45-27-15-13-25-43(45)37-51(53)75-33-17-5-6-18-34-76-52-38-44-26-14-16-28-46(44)54(52)66-58(72)50-30-20-32-68(50)60(74)48(64-56(70)40(2)62-4)36-42-23-11-8-12-24-42;;/h13-16,25-28,39-42,47-54,61-62H,7-12,19-24,29-38H2,1-4H3,(H,63,69)(H,64,70)(H,65,71)(H,66,72);2*1H/t39-,40-,47-,48-,49-,50-,51+,52+,53-,54-;;/m0../s1. The Kier molecular flexibility index (Phi) is 24.2. The number of amides is 6. The van der Waals surface area contributed by atoms with Crippen molar-refractivity contribution in [2.45, 2.75) is 190 Å². The molecule has 0 unspecified atom stereocenters. The molecule has 8 rings (SSSR count). The molecule has 426 valence electrons. The van der Waals surface area contributed by atoms with Gasteiger partial charge in [-0.25, -0.2) is 0 Å². The Morgan fingerprint density at radius 1 is 0.551 bits per heavy atom. The molecule has 2 aromatic rings. The first kappa shape index (κ1) is 62.0. The number of hydrogen-bond acceptors (Lipinski definition) is 10. The number of ether oxygens (including phenoxy) is 2. The lowest BCUT2D eigenvalue weighted by atomic mass is 9.84. The normalized spacial score (nSPS) is 24.2. The van der Waals surface area contributed by atoms with Crippen molar-refractivity contribution < 1.29 is 38.2 Å². The van der Waals surface area contributed by atoms with Crippen molar-refractivity contribution in [3.63, 3.8) is 0 Å². The van der Waals surface area contributed by atoms with Crippen molar-refractivity contribution in [2.75, 3.05) is 40.4 Å². The molecule has 6 N–H and O–H groups in total. The zero-order valence-electron chi connectivity index (χ0n) is 46.1. The monoisotopic (exact) mass is 1110 g/mol. The summed E-state index contributed by atoms with van der Waals surface area (Å²) in [4.78, 5) is 86.6. The molecular weight excluding hydrogens is 1030 g/mol. The van der Waals surface area contributed by atoms with E-state index < -0.39 is 48.3 Å². The number of carbonyl (C=O) groups excluding carboxylic acids is 6. The summed E-state index contributed by atoms with van der Waals surface area (Å²) in [5, 5.41) is 18.5. The average Bonchev–Trinajstić information content (AvgIpc) is 4.35. The molecule has 18 heteroatoms. The smallest absolute Gasteiger partial charge is 0.245 e. The zero-order valence-corrected chi connectivity index (χ0v) is 47.7. The first-order valence-electron chi connectivity index (χ1n) is 28.5. The highest BCUT2D eigenvalue weighted by molar-refractivity contribution is 5.95. The Hall–Kier alpha value is -5.20. The van der Waals surface area contributed by atoms with Gasteiger partial charge in [0.2, 0.25) is 35.4 Å². The van der Waals surface area contributed by atoms with Crippen LogP contribution in [0.1, 0.15) is 151 Å².